The fourth-order valence-electron chi connectivity index (χ4n) is 3.02. The number of aromatic nitrogens is 2. The number of ether oxygens (including phenoxy) is 1. The Hall–Kier alpha value is -0.940. The summed E-state index contributed by atoms with van der Waals surface area (Å²) in [6.45, 7) is 2.45. The van der Waals surface area contributed by atoms with Gasteiger partial charge in [-0.2, -0.15) is 4.98 Å². The Bertz CT molecular complexity index is 380. The lowest BCUT2D eigenvalue weighted by atomic mass is 10.00. The summed E-state index contributed by atoms with van der Waals surface area (Å²) in [6, 6.07) is 0.316. The SMILES string of the molecule is C1CCCC(c2noc(CC3COCCN3)n2)CC1. The molecule has 1 aromatic rings. The lowest BCUT2D eigenvalue weighted by Gasteiger charge is -2.22. The predicted molar refractivity (Wildman–Crippen MR) is 71.1 cm³/mol. The maximum Gasteiger partial charge on any atom is 0.228 e. The van der Waals surface area contributed by atoms with Crippen LogP contribution < -0.4 is 5.32 Å². The van der Waals surface area contributed by atoms with Crippen LogP contribution in [0.1, 0.15) is 56.2 Å². The topological polar surface area (TPSA) is 60.2 Å². The summed E-state index contributed by atoms with van der Waals surface area (Å²) in [7, 11) is 0. The van der Waals surface area contributed by atoms with E-state index in [1.165, 1.54) is 38.5 Å². The highest BCUT2D eigenvalue weighted by Gasteiger charge is 2.22. The van der Waals surface area contributed by atoms with Crippen LogP contribution in [0.4, 0.5) is 0 Å². The number of nitrogens with zero attached hydrogens (tertiary/aromatic N) is 2. The Kier molecular flexibility index (Phi) is 4.45. The molecule has 0 radical (unpaired) electrons. The molecule has 2 heterocycles. The van der Waals surface area contributed by atoms with Gasteiger partial charge in [-0.1, -0.05) is 30.8 Å². The molecule has 5 heteroatoms. The second-order valence-corrected chi connectivity index (χ2v) is 5.66. The van der Waals surface area contributed by atoms with Crippen molar-refractivity contribution in [3.05, 3.63) is 11.7 Å². The summed E-state index contributed by atoms with van der Waals surface area (Å²) < 4.78 is 10.8. The lowest BCUT2D eigenvalue weighted by molar-refractivity contribution is 0.0744. The number of hydrogen-bond acceptors (Lipinski definition) is 5. The Balaban J connectivity index is 1.58. The van der Waals surface area contributed by atoms with E-state index in [-0.39, 0.29) is 0 Å². The maximum absolute atomic E-state index is 5.44. The van der Waals surface area contributed by atoms with Crippen molar-refractivity contribution < 1.29 is 9.26 Å². The Morgan fingerprint density at radius 2 is 2.00 bits per heavy atom. The average molecular weight is 265 g/mol. The van der Waals surface area contributed by atoms with E-state index < -0.39 is 0 Å². The zero-order valence-electron chi connectivity index (χ0n) is 11.4. The Morgan fingerprint density at radius 1 is 1.16 bits per heavy atom. The fraction of sp³-hybridized carbons (Fsp3) is 0.857. The van der Waals surface area contributed by atoms with Gasteiger partial charge in [0.15, 0.2) is 5.82 Å². The van der Waals surface area contributed by atoms with Gasteiger partial charge in [0.05, 0.1) is 13.2 Å². The van der Waals surface area contributed by atoms with Crippen molar-refractivity contribution in [2.45, 2.75) is 56.9 Å². The van der Waals surface area contributed by atoms with E-state index in [2.05, 4.69) is 15.5 Å². The molecule has 0 amide bonds. The van der Waals surface area contributed by atoms with Crippen molar-refractivity contribution in [1.29, 1.82) is 0 Å². The molecule has 1 N–H and O–H groups in total. The number of hydrogen-bond donors (Lipinski definition) is 1. The minimum atomic E-state index is 0.316. The highest BCUT2D eigenvalue weighted by Crippen LogP contribution is 2.29. The van der Waals surface area contributed by atoms with Gasteiger partial charge in [-0.25, -0.2) is 0 Å². The third-order valence-electron chi connectivity index (χ3n) is 4.12. The van der Waals surface area contributed by atoms with Gasteiger partial charge in [0.25, 0.3) is 0 Å². The molecule has 2 aliphatic rings. The molecular weight excluding hydrogens is 242 g/mol. The minimum absolute atomic E-state index is 0.316. The van der Waals surface area contributed by atoms with E-state index in [1.54, 1.807) is 0 Å². The molecule has 3 rings (SSSR count). The first kappa shape index (κ1) is 13.1. The first-order valence-corrected chi connectivity index (χ1v) is 7.55. The lowest BCUT2D eigenvalue weighted by Crippen LogP contribution is -2.42. The minimum Gasteiger partial charge on any atom is -0.378 e. The summed E-state index contributed by atoms with van der Waals surface area (Å²) in [5.41, 5.74) is 0. The standard InChI is InChI=1S/C14H23N3O2/c1-2-4-6-11(5-3-1)14-16-13(19-17-14)9-12-10-18-8-7-15-12/h11-12,15H,1-10H2. The largest absolute Gasteiger partial charge is 0.378 e. The van der Waals surface area contributed by atoms with Gasteiger partial charge in [0.2, 0.25) is 5.89 Å². The molecule has 0 bridgehead atoms. The highest BCUT2D eigenvalue weighted by atomic mass is 16.5. The summed E-state index contributed by atoms with van der Waals surface area (Å²) >= 11 is 0. The van der Waals surface area contributed by atoms with E-state index >= 15 is 0 Å². The number of nitrogens with one attached hydrogen (secondary N) is 1. The second kappa shape index (κ2) is 6.48. The van der Waals surface area contributed by atoms with E-state index in [4.69, 9.17) is 9.26 Å². The van der Waals surface area contributed by atoms with Crippen LogP contribution in [0.5, 0.6) is 0 Å². The van der Waals surface area contributed by atoms with Gasteiger partial charge in [-0.05, 0) is 12.8 Å². The molecule has 0 aromatic carbocycles. The third-order valence-corrected chi connectivity index (χ3v) is 4.12. The van der Waals surface area contributed by atoms with Crippen LogP contribution in [0.25, 0.3) is 0 Å². The van der Waals surface area contributed by atoms with Crippen LogP contribution in [0.3, 0.4) is 0 Å². The van der Waals surface area contributed by atoms with Crippen molar-refractivity contribution in [3.8, 4) is 0 Å². The summed E-state index contributed by atoms with van der Waals surface area (Å²) in [4.78, 5) is 4.60. The van der Waals surface area contributed by atoms with Crippen LogP contribution in [0, 0.1) is 0 Å². The molecule has 19 heavy (non-hydrogen) atoms. The van der Waals surface area contributed by atoms with Crippen LogP contribution in [-0.4, -0.2) is 35.9 Å². The van der Waals surface area contributed by atoms with Crippen molar-refractivity contribution >= 4 is 0 Å². The van der Waals surface area contributed by atoms with Gasteiger partial charge in [-0.15, -0.1) is 0 Å². The van der Waals surface area contributed by atoms with Gasteiger partial charge >= 0.3 is 0 Å². The maximum atomic E-state index is 5.44. The Labute approximate surface area is 114 Å². The molecule has 1 aromatic heterocycles. The van der Waals surface area contributed by atoms with Crippen LogP contribution >= 0.6 is 0 Å². The van der Waals surface area contributed by atoms with Gasteiger partial charge in [0, 0.05) is 24.9 Å². The number of rotatable bonds is 3. The quantitative estimate of drug-likeness (QED) is 0.847. The van der Waals surface area contributed by atoms with E-state index in [9.17, 15) is 0 Å². The van der Waals surface area contributed by atoms with Crippen molar-refractivity contribution in [2.24, 2.45) is 0 Å². The average Bonchev–Trinajstić information content (AvgIpc) is 2.74. The van der Waals surface area contributed by atoms with Gasteiger partial charge in [-0.3, -0.25) is 0 Å². The monoisotopic (exact) mass is 265 g/mol. The zero-order valence-corrected chi connectivity index (χ0v) is 11.4. The summed E-state index contributed by atoms with van der Waals surface area (Å²) in [6.07, 6.45) is 8.50. The van der Waals surface area contributed by atoms with Crippen LogP contribution in [-0.2, 0) is 11.2 Å². The summed E-state index contributed by atoms with van der Waals surface area (Å²) in [5, 5.41) is 7.61. The Morgan fingerprint density at radius 3 is 2.74 bits per heavy atom. The van der Waals surface area contributed by atoms with Gasteiger partial charge < -0.3 is 14.6 Å². The molecule has 1 aliphatic heterocycles. The molecule has 1 atom stereocenters. The molecule has 106 valence electrons. The normalized spacial score (nSPS) is 26.2. The summed E-state index contributed by atoms with van der Waals surface area (Å²) in [5.74, 6) is 2.19. The smallest absolute Gasteiger partial charge is 0.228 e. The van der Waals surface area contributed by atoms with Crippen LogP contribution in [0.2, 0.25) is 0 Å². The zero-order chi connectivity index (χ0) is 12.9. The van der Waals surface area contributed by atoms with E-state index in [1.807, 2.05) is 0 Å². The number of morpholine rings is 1. The molecular formula is C14H23N3O2. The first-order chi connectivity index (χ1) is 9.42. The molecule has 0 spiro atoms. The molecule has 5 nitrogen and oxygen atoms in total. The van der Waals surface area contributed by atoms with Crippen molar-refractivity contribution in [3.63, 3.8) is 0 Å². The van der Waals surface area contributed by atoms with E-state index in [0.29, 0.717) is 12.0 Å². The van der Waals surface area contributed by atoms with Gasteiger partial charge in [0.1, 0.15) is 0 Å². The fourth-order valence-corrected chi connectivity index (χ4v) is 3.02. The predicted octanol–water partition coefficient (Wildman–Crippen LogP) is 2.04. The first-order valence-electron chi connectivity index (χ1n) is 7.55. The third kappa shape index (κ3) is 3.54. The molecule has 2 fully saturated rings. The molecule has 1 unspecified atom stereocenters. The van der Waals surface area contributed by atoms with E-state index in [0.717, 1.165) is 37.9 Å². The second-order valence-electron chi connectivity index (χ2n) is 5.66. The molecule has 1 saturated carbocycles. The molecule has 1 saturated heterocycles. The van der Waals surface area contributed by atoms with Crippen molar-refractivity contribution in [1.82, 2.24) is 15.5 Å². The van der Waals surface area contributed by atoms with Crippen molar-refractivity contribution in [2.75, 3.05) is 19.8 Å². The molecule has 1 aliphatic carbocycles. The van der Waals surface area contributed by atoms with Crippen LogP contribution in [0.15, 0.2) is 4.52 Å². The highest BCUT2D eigenvalue weighted by molar-refractivity contribution is 4.97.